The Morgan fingerprint density at radius 1 is 0.963 bits per heavy atom. The van der Waals surface area contributed by atoms with Crippen LogP contribution in [0.3, 0.4) is 0 Å². The van der Waals surface area contributed by atoms with Crippen molar-refractivity contribution in [1.82, 2.24) is 0 Å². The van der Waals surface area contributed by atoms with Crippen LogP contribution in [0.25, 0.3) is 11.3 Å². The molecule has 1 aromatic heterocycles. The second-order valence-corrected chi connectivity index (χ2v) is 7.37. The van der Waals surface area contributed by atoms with Crippen molar-refractivity contribution in [3.05, 3.63) is 70.4 Å². The lowest BCUT2D eigenvalue weighted by Gasteiger charge is -2.09. The maximum Gasteiger partial charge on any atom is 0.226 e. The maximum absolute atomic E-state index is 11.7. The van der Waals surface area contributed by atoms with Gasteiger partial charge in [-0.05, 0) is 54.6 Å². The third-order valence-electron chi connectivity index (χ3n) is 3.95. The van der Waals surface area contributed by atoms with Crippen LogP contribution in [-0.2, 0) is 11.3 Å². The van der Waals surface area contributed by atoms with Gasteiger partial charge in [-0.1, -0.05) is 37.0 Å². The highest BCUT2D eigenvalue weighted by Gasteiger charge is 2.08. The van der Waals surface area contributed by atoms with Gasteiger partial charge in [-0.2, -0.15) is 0 Å². The van der Waals surface area contributed by atoms with E-state index in [0.717, 1.165) is 22.7 Å². The second kappa shape index (κ2) is 8.51. The molecule has 3 aromatic rings. The van der Waals surface area contributed by atoms with Gasteiger partial charge in [0.2, 0.25) is 5.91 Å². The fourth-order valence-corrected chi connectivity index (χ4v) is 3.00. The van der Waals surface area contributed by atoms with Crippen molar-refractivity contribution in [2.45, 2.75) is 20.4 Å². The monoisotopic (exact) mass is 402 g/mol. The second-order valence-electron chi connectivity index (χ2n) is 6.50. The van der Waals surface area contributed by atoms with E-state index in [1.165, 1.54) is 0 Å². The zero-order valence-corrected chi connectivity index (χ0v) is 16.6. The molecule has 1 heterocycles. The molecule has 0 aliphatic heterocycles. The number of carbonyl (C=O) groups excluding carboxylic acids is 1. The summed E-state index contributed by atoms with van der Waals surface area (Å²) in [5.74, 6) is 1.45. The zero-order valence-electron chi connectivity index (χ0n) is 15.1. The number of rotatable bonds is 6. The summed E-state index contributed by atoms with van der Waals surface area (Å²) in [6, 6.07) is 16.7. The highest BCUT2D eigenvalue weighted by atomic mass is 35.5. The van der Waals surface area contributed by atoms with Gasteiger partial charge in [-0.3, -0.25) is 4.79 Å². The molecule has 0 spiro atoms. The molecule has 2 N–H and O–H groups in total. The van der Waals surface area contributed by atoms with Crippen LogP contribution < -0.4 is 10.6 Å². The van der Waals surface area contributed by atoms with Gasteiger partial charge in [0.05, 0.1) is 6.54 Å². The van der Waals surface area contributed by atoms with E-state index in [2.05, 4.69) is 10.6 Å². The third-order valence-corrected chi connectivity index (χ3v) is 4.39. The Morgan fingerprint density at radius 2 is 1.59 bits per heavy atom. The van der Waals surface area contributed by atoms with Crippen LogP contribution in [0.5, 0.6) is 0 Å². The molecule has 0 saturated heterocycles. The minimum Gasteiger partial charge on any atom is -0.459 e. The van der Waals surface area contributed by atoms with Crippen molar-refractivity contribution >= 4 is 40.5 Å². The predicted octanol–water partition coefficient (Wildman–Crippen LogP) is 6.46. The van der Waals surface area contributed by atoms with Crippen LogP contribution in [0.4, 0.5) is 11.4 Å². The Balaban J connectivity index is 1.61. The molecule has 1 amide bonds. The number of nitrogens with one attached hydrogen (secondary N) is 2. The average molecular weight is 403 g/mol. The molecule has 0 radical (unpaired) electrons. The molecular formula is C21H20Cl2N2O2. The quantitative estimate of drug-likeness (QED) is 0.497. The van der Waals surface area contributed by atoms with Gasteiger partial charge >= 0.3 is 0 Å². The van der Waals surface area contributed by atoms with Gasteiger partial charge in [0, 0.05) is 32.9 Å². The summed E-state index contributed by atoms with van der Waals surface area (Å²) >= 11 is 12.1. The van der Waals surface area contributed by atoms with Gasteiger partial charge < -0.3 is 15.1 Å². The predicted molar refractivity (Wildman–Crippen MR) is 111 cm³/mol. The normalized spacial score (nSPS) is 10.9. The standard InChI is InChI=1S/C21H20Cl2N2O2/c1-13(2)21(26)25-18-5-3-17(4-6-18)24-12-19-7-8-20(27-19)14-9-15(22)11-16(23)10-14/h3-11,13,24H,12H2,1-2H3,(H,25,26). The number of furan rings is 1. The minimum atomic E-state index is -0.0506. The van der Waals surface area contributed by atoms with Crippen molar-refractivity contribution in [2.24, 2.45) is 5.92 Å². The number of benzene rings is 2. The first-order valence-electron chi connectivity index (χ1n) is 8.60. The molecule has 0 bridgehead atoms. The van der Waals surface area contributed by atoms with Crippen molar-refractivity contribution in [1.29, 1.82) is 0 Å². The number of amides is 1. The maximum atomic E-state index is 11.7. The lowest BCUT2D eigenvalue weighted by Crippen LogP contribution is -2.17. The van der Waals surface area contributed by atoms with E-state index in [0.29, 0.717) is 22.4 Å². The van der Waals surface area contributed by atoms with E-state index >= 15 is 0 Å². The Kier molecular flexibility index (Phi) is 6.09. The topological polar surface area (TPSA) is 54.3 Å². The number of hydrogen-bond donors (Lipinski definition) is 2. The summed E-state index contributed by atoms with van der Waals surface area (Å²) in [6.45, 7) is 4.26. The molecule has 6 heteroatoms. The number of carbonyl (C=O) groups is 1. The number of halogens is 2. The first-order valence-corrected chi connectivity index (χ1v) is 9.36. The van der Waals surface area contributed by atoms with Crippen LogP contribution in [0.2, 0.25) is 10.0 Å². The molecule has 0 atom stereocenters. The molecule has 0 unspecified atom stereocenters. The Labute approximate surface area is 168 Å². The van der Waals surface area contributed by atoms with Gasteiger partial charge in [0.1, 0.15) is 11.5 Å². The first-order chi connectivity index (χ1) is 12.9. The summed E-state index contributed by atoms with van der Waals surface area (Å²) in [5.41, 5.74) is 2.54. The summed E-state index contributed by atoms with van der Waals surface area (Å²) in [6.07, 6.45) is 0. The van der Waals surface area contributed by atoms with Crippen molar-refractivity contribution in [3.63, 3.8) is 0 Å². The minimum absolute atomic E-state index is 0.0000528. The fourth-order valence-electron chi connectivity index (χ4n) is 2.47. The molecule has 0 aliphatic carbocycles. The van der Waals surface area contributed by atoms with Crippen molar-refractivity contribution in [3.8, 4) is 11.3 Å². The SMILES string of the molecule is CC(C)C(=O)Nc1ccc(NCc2ccc(-c3cc(Cl)cc(Cl)c3)o2)cc1. The van der Waals surface area contributed by atoms with Crippen LogP contribution in [0.15, 0.2) is 59.0 Å². The molecule has 140 valence electrons. The van der Waals surface area contributed by atoms with E-state index < -0.39 is 0 Å². The van der Waals surface area contributed by atoms with Crippen LogP contribution in [-0.4, -0.2) is 5.91 Å². The fraction of sp³-hybridized carbons (Fsp3) is 0.190. The average Bonchev–Trinajstić information content (AvgIpc) is 3.09. The molecule has 0 fully saturated rings. The molecule has 0 saturated carbocycles. The molecule has 4 nitrogen and oxygen atoms in total. The largest absolute Gasteiger partial charge is 0.459 e. The first kappa shape index (κ1) is 19.3. The van der Waals surface area contributed by atoms with Gasteiger partial charge in [-0.15, -0.1) is 0 Å². The van der Waals surface area contributed by atoms with Gasteiger partial charge in [0.15, 0.2) is 0 Å². The summed E-state index contributed by atoms with van der Waals surface area (Å²) in [5, 5.41) is 7.29. The lowest BCUT2D eigenvalue weighted by atomic mass is 10.2. The zero-order chi connectivity index (χ0) is 19.4. The highest BCUT2D eigenvalue weighted by Crippen LogP contribution is 2.29. The van der Waals surface area contributed by atoms with Crippen molar-refractivity contribution in [2.75, 3.05) is 10.6 Å². The molecular weight excluding hydrogens is 383 g/mol. The van der Waals surface area contributed by atoms with E-state index in [4.69, 9.17) is 27.6 Å². The third kappa shape index (κ3) is 5.28. The Bertz CT molecular complexity index is 913. The van der Waals surface area contributed by atoms with Crippen LogP contribution in [0, 0.1) is 5.92 Å². The molecule has 0 aliphatic rings. The number of hydrogen-bond acceptors (Lipinski definition) is 3. The van der Waals surface area contributed by atoms with Crippen molar-refractivity contribution < 1.29 is 9.21 Å². The number of anilines is 2. The Hall–Kier alpha value is -2.43. The molecule has 27 heavy (non-hydrogen) atoms. The smallest absolute Gasteiger partial charge is 0.226 e. The lowest BCUT2D eigenvalue weighted by molar-refractivity contribution is -0.118. The Morgan fingerprint density at radius 3 is 2.22 bits per heavy atom. The van der Waals surface area contributed by atoms with Gasteiger partial charge in [-0.25, -0.2) is 0 Å². The molecule has 2 aromatic carbocycles. The van der Waals surface area contributed by atoms with E-state index in [1.54, 1.807) is 6.07 Å². The van der Waals surface area contributed by atoms with Gasteiger partial charge in [0.25, 0.3) is 0 Å². The van der Waals surface area contributed by atoms with Crippen LogP contribution in [0.1, 0.15) is 19.6 Å². The van der Waals surface area contributed by atoms with E-state index in [1.807, 2.05) is 62.4 Å². The van der Waals surface area contributed by atoms with Crippen LogP contribution >= 0.6 is 23.2 Å². The summed E-state index contributed by atoms with van der Waals surface area (Å²) in [4.78, 5) is 11.7. The summed E-state index contributed by atoms with van der Waals surface area (Å²) < 4.78 is 5.87. The highest BCUT2D eigenvalue weighted by molar-refractivity contribution is 6.35. The van der Waals surface area contributed by atoms with E-state index in [-0.39, 0.29) is 11.8 Å². The molecule has 3 rings (SSSR count). The van der Waals surface area contributed by atoms with E-state index in [9.17, 15) is 4.79 Å². The summed E-state index contributed by atoms with van der Waals surface area (Å²) in [7, 11) is 0.